The van der Waals surface area contributed by atoms with Crippen molar-refractivity contribution in [1.82, 2.24) is 5.32 Å². The van der Waals surface area contributed by atoms with Gasteiger partial charge in [-0.3, -0.25) is 4.79 Å². The van der Waals surface area contributed by atoms with E-state index >= 15 is 0 Å². The van der Waals surface area contributed by atoms with E-state index in [1.165, 1.54) is 12.1 Å². The lowest BCUT2D eigenvalue weighted by Crippen LogP contribution is -2.28. The molecular formula is C10H12BrNO4S. The monoisotopic (exact) mass is 321 g/mol. The van der Waals surface area contributed by atoms with Crippen LogP contribution in [0.25, 0.3) is 0 Å². The maximum Gasteiger partial charge on any atom is 0.251 e. The highest BCUT2D eigenvalue weighted by Crippen LogP contribution is 2.24. The minimum Gasteiger partial charge on any atom is -0.507 e. The number of hydrogen-bond donors (Lipinski definition) is 2. The Morgan fingerprint density at radius 3 is 2.65 bits per heavy atom. The molecule has 2 N–H and O–H groups in total. The number of sulfone groups is 1. The third-order valence-electron chi connectivity index (χ3n) is 1.97. The summed E-state index contributed by atoms with van der Waals surface area (Å²) in [5.41, 5.74) is 0.277. The SMILES string of the molecule is CS(=O)(=O)CCNC(=O)c1ccc(Br)c(O)c1. The topological polar surface area (TPSA) is 83.5 Å². The molecule has 0 bridgehead atoms. The number of benzene rings is 1. The van der Waals surface area contributed by atoms with Gasteiger partial charge in [-0.05, 0) is 34.1 Å². The minimum absolute atomic E-state index is 0.0410. The zero-order valence-corrected chi connectivity index (χ0v) is 11.5. The van der Waals surface area contributed by atoms with Crippen molar-refractivity contribution in [2.24, 2.45) is 0 Å². The van der Waals surface area contributed by atoms with Gasteiger partial charge >= 0.3 is 0 Å². The summed E-state index contributed by atoms with van der Waals surface area (Å²) in [6.45, 7) is 0.0501. The van der Waals surface area contributed by atoms with Crippen LogP contribution in [0.2, 0.25) is 0 Å². The van der Waals surface area contributed by atoms with Crippen LogP contribution in [0.15, 0.2) is 22.7 Å². The number of carbonyl (C=O) groups excluding carboxylic acids is 1. The molecule has 0 saturated carbocycles. The summed E-state index contributed by atoms with van der Waals surface area (Å²) < 4.78 is 22.2. The lowest BCUT2D eigenvalue weighted by Gasteiger charge is -2.05. The molecule has 0 aromatic heterocycles. The number of phenols is 1. The fourth-order valence-electron chi connectivity index (χ4n) is 1.11. The summed E-state index contributed by atoms with van der Waals surface area (Å²) >= 11 is 3.10. The molecule has 1 amide bonds. The van der Waals surface area contributed by atoms with Gasteiger partial charge in [-0.15, -0.1) is 0 Å². The first-order valence-electron chi connectivity index (χ1n) is 4.74. The predicted molar refractivity (Wildman–Crippen MR) is 67.9 cm³/mol. The van der Waals surface area contributed by atoms with Crippen molar-refractivity contribution in [3.05, 3.63) is 28.2 Å². The first-order chi connectivity index (χ1) is 7.79. The van der Waals surface area contributed by atoms with E-state index in [0.29, 0.717) is 4.47 Å². The van der Waals surface area contributed by atoms with Gasteiger partial charge in [0.25, 0.3) is 5.91 Å². The third kappa shape index (κ3) is 4.74. The third-order valence-corrected chi connectivity index (χ3v) is 3.58. The van der Waals surface area contributed by atoms with Gasteiger partial charge in [0, 0.05) is 18.4 Å². The number of aromatic hydroxyl groups is 1. The Bertz CT molecular complexity index is 527. The molecule has 7 heteroatoms. The van der Waals surface area contributed by atoms with Gasteiger partial charge in [-0.2, -0.15) is 0 Å². The molecule has 94 valence electrons. The van der Waals surface area contributed by atoms with Crippen molar-refractivity contribution in [1.29, 1.82) is 0 Å². The zero-order chi connectivity index (χ0) is 13.1. The van der Waals surface area contributed by atoms with Gasteiger partial charge in [-0.25, -0.2) is 8.42 Å². The summed E-state index contributed by atoms with van der Waals surface area (Å²) in [7, 11) is -3.09. The fraction of sp³-hybridized carbons (Fsp3) is 0.300. The van der Waals surface area contributed by atoms with E-state index < -0.39 is 15.7 Å². The Kier molecular flexibility index (Phi) is 4.53. The van der Waals surface area contributed by atoms with Gasteiger partial charge < -0.3 is 10.4 Å². The molecule has 1 rings (SSSR count). The maximum atomic E-state index is 11.6. The molecular weight excluding hydrogens is 310 g/mol. The molecule has 0 spiro atoms. The molecule has 5 nitrogen and oxygen atoms in total. The van der Waals surface area contributed by atoms with Crippen LogP contribution in [-0.4, -0.2) is 38.0 Å². The van der Waals surface area contributed by atoms with E-state index in [1.54, 1.807) is 6.07 Å². The number of halogens is 1. The predicted octanol–water partition coefficient (Wildman–Crippen LogP) is 0.929. The first kappa shape index (κ1) is 14.0. The molecule has 1 aromatic carbocycles. The summed E-state index contributed by atoms with van der Waals surface area (Å²) in [4.78, 5) is 11.6. The molecule has 1 aromatic rings. The second-order valence-corrected chi connectivity index (χ2v) is 6.67. The Labute approximate surface area is 108 Å². The minimum atomic E-state index is -3.09. The molecule has 0 saturated heterocycles. The number of nitrogens with one attached hydrogen (secondary N) is 1. The number of carbonyl (C=O) groups is 1. The molecule has 0 fully saturated rings. The van der Waals surface area contributed by atoms with Gasteiger partial charge in [0.1, 0.15) is 15.6 Å². The van der Waals surface area contributed by atoms with Crippen molar-refractivity contribution >= 4 is 31.7 Å². The van der Waals surface area contributed by atoms with E-state index in [2.05, 4.69) is 21.2 Å². The highest BCUT2D eigenvalue weighted by Gasteiger charge is 2.09. The van der Waals surface area contributed by atoms with E-state index in [-0.39, 0.29) is 23.6 Å². The summed E-state index contributed by atoms with van der Waals surface area (Å²) in [6, 6.07) is 4.38. The Hall–Kier alpha value is -1.08. The van der Waals surface area contributed by atoms with E-state index in [9.17, 15) is 18.3 Å². The molecule has 0 heterocycles. The average Bonchev–Trinajstić information content (AvgIpc) is 2.20. The summed E-state index contributed by atoms with van der Waals surface area (Å²) in [5, 5.41) is 11.8. The van der Waals surface area contributed by atoms with Crippen LogP contribution >= 0.6 is 15.9 Å². The molecule has 0 atom stereocenters. The number of amides is 1. The molecule has 0 aliphatic heterocycles. The molecule has 0 radical (unpaired) electrons. The number of rotatable bonds is 4. The average molecular weight is 322 g/mol. The van der Waals surface area contributed by atoms with Crippen LogP contribution in [-0.2, 0) is 9.84 Å². The van der Waals surface area contributed by atoms with Crippen molar-refractivity contribution in [3.8, 4) is 5.75 Å². The van der Waals surface area contributed by atoms with Crippen LogP contribution in [0.3, 0.4) is 0 Å². The summed E-state index contributed by atoms with van der Waals surface area (Å²) in [6.07, 6.45) is 1.10. The standard InChI is InChI=1S/C10H12BrNO4S/c1-17(15,16)5-4-12-10(14)7-2-3-8(11)9(13)6-7/h2-3,6,13H,4-5H2,1H3,(H,12,14). The van der Waals surface area contributed by atoms with Gasteiger partial charge in [0.2, 0.25) is 0 Å². The van der Waals surface area contributed by atoms with Gasteiger partial charge in [-0.1, -0.05) is 0 Å². The highest BCUT2D eigenvalue weighted by molar-refractivity contribution is 9.10. The largest absolute Gasteiger partial charge is 0.507 e. The molecule has 0 aliphatic carbocycles. The second-order valence-electron chi connectivity index (χ2n) is 3.55. The van der Waals surface area contributed by atoms with Crippen LogP contribution in [0.5, 0.6) is 5.75 Å². The van der Waals surface area contributed by atoms with Crippen LogP contribution in [0.4, 0.5) is 0 Å². The smallest absolute Gasteiger partial charge is 0.251 e. The second kappa shape index (κ2) is 5.50. The van der Waals surface area contributed by atoms with Gasteiger partial charge in [0.05, 0.1) is 10.2 Å². The van der Waals surface area contributed by atoms with Crippen molar-refractivity contribution in [3.63, 3.8) is 0 Å². The van der Waals surface area contributed by atoms with Crippen molar-refractivity contribution in [2.45, 2.75) is 0 Å². The fourth-order valence-corrected chi connectivity index (χ4v) is 1.83. The zero-order valence-electron chi connectivity index (χ0n) is 9.10. The molecule has 0 aliphatic rings. The van der Waals surface area contributed by atoms with E-state index in [4.69, 9.17) is 0 Å². The summed E-state index contributed by atoms with van der Waals surface area (Å²) in [5.74, 6) is -0.571. The normalized spacial score (nSPS) is 11.2. The molecule has 17 heavy (non-hydrogen) atoms. The quantitative estimate of drug-likeness (QED) is 0.864. The Morgan fingerprint density at radius 1 is 1.47 bits per heavy atom. The van der Waals surface area contributed by atoms with Crippen molar-refractivity contribution in [2.75, 3.05) is 18.6 Å². The number of hydrogen-bond acceptors (Lipinski definition) is 4. The van der Waals surface area contributed by atoms with Crippen molar-refractivity contribution < 1.29 is 18.3 Å². The number of phenolic OH excluding ortho intramolecular Hbond substituents is 1. The Balaban J connectivity index is 2.61. The van der Waals surface area contributed by atoms with E-state index in [1.807, 2.05) is 0 Å². The lowest BCUT2D eigenvalue weighted by molar-refractivity contribution is 0.0955. The van der Waals surface area contributed by atoms with E-state index in [0.717, 1.165) is 6.26 Å². The maximum absolute atomic E-state index is 11.6. The van der Waals surface area contributed by atoms with Gasteiger partial charge in [0.15, 0.2) is 0 Å². The molecule has 0 unspecified atom stereocenters. The van der Waals surface area contributed by atoms with Crippen LogP contribution < -0.4 is 5.32 Å². The first-order valence-corrected chi connectivity index (χ1v) is 7.59. The lowest BCUT2D eigenvalue weighted by atomic mass is 10.2. The van der Waals surface area contributed by atoms with Crippen LogP contribution in [0, 0.1) is 0 Å². The van der Waals surface area contributed by atoms with Crippen LogP contribution in [0.1, 0.15) is 10.4 Å². The highest BCUT2D eigenvalue weighted by atomic mass is 79.9. The Morgan fingerprint density at radius 2 is 2.12 bits per heavy atom.